The predicted octanol–water partition coefficient (Wildman–Crippen LogP) is 2.24. The number of likely N-dealkylation sites (tertiary alicyclic amines) is 1. The number of carbonyl (C=O) groups is 3. The summed E-state index contributed by atoms with van der Waals surface area (Å²) in [6.45, 7) is 7.54. The third-order valence-corrected chi connectivity index (χ3v) is 5.39. The monoisotopic (exact) mass is 361 g/mol. The van der Waals surface area contributed by atoms with Gasteiger partial charge in [-0.3, -0.25) is 9.59 Å². The minimum Gasteiger partial charge on any atom is -0.480 e. The van der Waals surface area contributed by atoms with Crippen LogP contribution in [0, 0.1) is 5.41 Å². The van der Waals surface area contributed by atoms with Crippen molar-refractivity contribution in [2.24, 2.45) is 5.41 Å². The lowest BCUT2D eigenvalue weighted by atomic mass is 9.64. The van der Waals surface area contributed by atoms with Gasteiger partial charge in [-0.25, -0.2) is 4.79 Å². The van der Waals surface area contributed by atoms with Crippen molar-refractivity contribution in [2.75, 3.05) is 6.54 Å². The van der Waals surface area contributed by atoms with Crippen molar-refractivity contribution in [3.63, 3.8) is 0 Å². The van der Waals surface area contributed by atoms with Gasteiger partial charge in [-0.1, -0.05) is 19.9 Å². The number of hydrogen-bond acceptors (Lipinski definition) is 4. The van der Waals surface area contributed by atoms with Gasteiger partial charge in [-0.05, 0) is 50.0 Å². The molecule has 142 valence electrons. The second-order valence-corrected chi connectivity index (χ2v) is 7.87. The maximum Gasteiger partial charge on any atom is 0.326 e. The van der Waals surface area contributed by atoms with Gasteiger partial charge in [-0.2, -0.15) is 0 Å². The standard InChI is InChI=1S/C20H27NO5/c1-13(10-17(23)21-9-5-6-16(21)18(24)25)7-8-20(26)14(2)11-15(22)12-19(20,3)4/h7-8,10-11,16,26H,5-6,9,12H2,1-4H3,(H,24,25)/b8-7+,13-10-/t16-,20-/m0/s1. The fourth-order valence-electron chi connectivity index (χ4n) is 3.73. The molecule has 0 aromatic rings. The largest absolute Gasteiger partial charge is 0.480 e. The highest BCUT2D eigenvalue weighted by Gasteiger charge is 2.46. The molecule has 1 saturated heterocycles. The highest BCUT2D eigenvalue weighted by Crippen LogP contribution is 2.44. The van der Waals surface area contributed by atoms with E-state index >= 15 is 0 Å². The molecule has 0 aromatic carbocycles. The molecule has 1 aliphatic heterocycles. The topological polar surface area (TPSA) is 94.9 Å². The first-order chi connectivity index (χ1) is 12.0. The van der Waals surface area contributed by atoms with Crippen molar-refractivity contribution in [1.29, 1.82) is 0 Å². The molecule has 0 unspecified atom stereocenters. The highest BCUT2D eigenvalue weighted by atomic mass is 16.4. The van der Waals surface area contributed by atoms with Crippen molar-refractivity contribution < 1.29 is 24.6 Å². The lowest BCUT2D eigenvalue weighted by molar-refractivity contribution is -0.146. The van der Waals surface area contributed by atoms with Gasteiger partial charge in [0, 0.05) is 24.5 Å². The van der Waals surface area contributed by atoms with Crippen LogP contribution >= 0.6 is 0 Å². The van der Waals surface area contributed by atoms with Crippen LogP contribution in [-0.2, 0) is 14.4 Å². The molecular weight excluding hydrogens is 334 g/mol. The van der Waals surface area contributed by atoms with Crippen LogP contribution in [0.3, 0.4) is 0 Å². The number of hydrogen-bond donors (Lipinski definition) is 2. The fourth-order valence-corrected chi connectivity index (χ4v) is 3.73. The summed E-state index contributed by atoms with van der Waals surface area (Å²) in [6, 6.07) is -0.770. The average Bonchev–Trinajstić information content (AvgIpc) is 3.00. The summed E-state index contributed by atoms with van der Waals surface area (Å²) in [5.41, 5.74) is -0.761. The van der Waals surface area contributed by atoms with Crippen molar-refractivity contribution in [3.8, 4) is 0 Å². The van der Waals surface area contributed by atoms with Gasteiger partial charge in [0.25, 0.3) is 0 Å². The Balaban J connectivity index is 2.20. The quantitative estimate of drug-likeness (QED) is 0.591. The Labute approximate surface area is 153 Å². The molecule has 0 spiro atoms. The molecule has 0 radical (unpaired) electrons. The van der Waals surface area contributed by atoms with Crippen LogP contribution in [0.1, 0.15) is 47.0 Å². The van der Waals surface area contributed by atoms with Crippen molar-refractivity contribution in [3.05, 3.63) is 35.5 Å². The zero-order chi connectivity index (χ0) is 19.7. The molecule has 0 saturated carbocycles. The van der Waals surface area contributed by atoms with Crippen LogP contribution in [0.25, 0.3) is 0 Å². The van der Waals surface area contributed by atoms with Crippen molar-refractivity contribution >= 4 is 17.7 Å². The number of allylic oxidation sites excluding steroid dienone is 3. The lowest BCUT2D eigenvalue weighted by Crippen LogP contribution is -2.48. The maximum atomic E-state index is 12.4. The molecular formula is C20H27NO5. The highest BCUT2D eigenvalue weighted by molar-refractivity contribution is 5.93. The van der Waals surface area contributed by atoms with Gasteiger partial charge >= 0.3 is 5.97 Å². The SMILES string of the molecule is CC1=CC(=O)CC(C)(C)[C@]1(O)/C=C/C(C)=C\C(=O)N1CCC[C@H]1C(=O)O. The van der Waals surface area contributed by atoms with Crippen LogP contribution in [0.15, 0.2) is 35.5 Å². The molecule has 1 fully saturated rings. The summed E-state index contributed by atoms with van der Waals surface area (Å²) in [4.78, 5) is 36.7. The summed E-state index contributed by atoms with van der Waals surface area (Å²) in [5, 5.41) is 20.3. The lowest BCUT2D eigenvalue weighted by Gasteiger charge is -2.44. The summed E-state index contributed by atoms with van der Waals surface area (Å²) in [7, 11) is 0. The van der Waals surface area contributed by atoms with E-state index in [9.17, 15) is 24.6 Å². The first-order valence-electron chi connectivity index (χ1n) is 8.83. The van der Waals surface area contributed by atoms with Crippen LogP contribution in [0.5, 0.6) is 0 Å². The number of aliphatic hydroxyl groups is 1. The smallest absolute Gasteiger partial charge is 0.326 e. The second-order valence-electron chi connectivity index (χ2n) is 7.87. The Morgan fingerprint density at radius 3 is 2.58 bits per heavy atom. The summed E-state index contributed by atoms with van der Waals surface area (Å²) in [6.07, 6.45) is 7.50. The number of carbonyl (C=O) groups excluding carboxylic acids is 2. The Hall–Kier alpha value is -2.21. The molecule has 26 heavy (non-hydrogen) atoms. The fraction of sp³-hybridized carbons (Fsp3) is 0.550. The van der Waals surface area contributed by atoms with Crippen LogP contribution in [0.4, 0.5) is 0 Å². The van der Waals surface area contributed by atoms with Gasteiger partial charge in [0.1, 0.15) is 11.6 Å². The normalized spacial score (nSPS) is 29.2. The molecule has 2 rings (SSSR count). The number of carboxylic acid groups (broad SMARTS) is 1. The number of ketones is 1. The summed E-state index contributed by atoms with van der Waals surface area (Å²) in [5.74, 6) is -1.34. The molecule has 1 heterocycles. The van der Waals surface area contributed by atoms with E-state index in [1.54, 1.807) is 26.0 Å². The number of rotatable bonds is 4. The van der Waals surface area contributed by atoms with Crippen molar-refractivity contribution in [1.82, 2.24) is 4.90 Å². The minimum atomic E-state index is -1.28. The van der Waals surface area contributed by atoms with Crippen LogP contribution < -0.4 is 0 Å². The van der Waals surface area contributed by atoms with Crippen LogP contribution in [0.2, 0.25) is 0 Å². The zero-order valence-electron chi connectivity index (χ0n) is 15.8. The van der Waals surface area contributed by atoms with Gasteiger partial charge in [0.05, 0.1) is 0 Å². The molecule has 2 aliphatic rings. The number of carboxylic acids is 1. The summed E-state index contributed by atoms with van der Waals surface area (Å²) >= 11 is 0. The number of aliphatic carboxylic acids is 1. The van der Waals surface area contributed by atoms with Crippen LogP contribution in [-0.4, -0.2) is 51.0 Å². The second kappa shape index (κ2) is 7.19. The first-order valence-corrected chi connectivity index (χ1v) is 8.83. The molecule has 6 nitrogen and oxygen atoms in total. The van der Waals surface area contributed by atoms with Gasteiger partial charge < -0.3 is 15.1 Å². The van der Waals surface area contributed by atoms with Crippen molar-refractivity contribution in [2.45, 2.75) is 58.6 Å². The molecule has 2 atom stereocenters. The molecule has 2 N–H and O–H groups in total. The van der Waals surface area contributed by atoms with E-state index in [1.807, 2.05) is 13.8 Å². The third kappa shape index (κ3) is 3.80. The van der Waals surface area contributed by atoms with Gasteiger partial charge in [0.2, 0.25) is 5.91 Å². The molecule has 6 heteroatoms. The molecule has 1 amide bonds. The Morgan fingerprint density at radius 2 is 2.00 bits per heavy atom. The number of nitrogens with zero attached hydrogens (tertiary/aromatic N) is 1. The summed E-state index contributed by atoms with van der Waals surface area (Å²) < 4.78 is 0. The van der Waals surface area contributed by atoms with E-state index < -0.39 is 23.0 Å². The molecule has 0 aromatic heterocycles. The third-order valence-electron chi connectivity index (χ3n) is 5.39. The van der Waals surface area contributed by atoms with Gasteiger partial charge in [-0.15, -0.1) is 0 Å². The molecule has 0 bridgehead atoms. The predicted molar refractivity (Wildman–Crippen MR) is 97.4 cm³/mol. The Kier molecular flexibility index (Phi) is 5.56. The van der Waals surface area contributed by atoms with E-state index in [-0.39, 0.29) is 18.1 Å². The first kappa shape index (κ1) is 20.1. The van der Waals surface area contributed by atoms with E-state index in [1.165, 1.54) is 17.1 Å². The van der Waals surface area contributed by atoms with E-state index in [0.717, 1.165) is 0 Å². The zero-order valence-corrected chi connectivity index (χ0v) is 15.8. The van der Waals surface area contributed by atoms with E-state index in [2.05, 4.69) is 0 Å². The minimum absolute atomic E-state index is 0.0123. The Bertz CT molecular complexity index is 716. The number of amides is 1. The maximum absolute atomic E-state index is 12.4. The Morgan fingerprint density at radius 1 is 1.35 bits per heavy atom. The van der Waals surface area contributed by atoms with E-state index in [4.69, 9.17) is 0 Å². The van der Waals surface area contributed by atoms with E-state index in [0.29, 0.717) is 30.5 Å². The average molecular weight is 361 g/mol. The molecule has 1 aliphatic carbocycles. The van der Waals surface area contributed by atoms with Gasteiger partial charge in [0.15, 0.2) is 5.78 Å².